The van der Waals surface area contributed by atoms with Crippen molar-refractivity contribution in [2.24, 2.45) is 7.05 Å². The van der Waals surface area contributed by atoms with Crippen LogP contribution in [0, 0.1) is 0 Å². The Balaban J connectivity index is 2.39. The zero-order chi connectivity index (χ0) is 12.5. The van der Waals surface area contributed by atoms with Crippen molar-refractivity contribution in [2.75, 3.05) is 10.5 Å². The molecule has 1 heterocycles. The molecule has 0 unspecified atom stereocenters. The van der Waals surface area contributed by atoms with Crippen LogP contribution in [0.4, 0.5) is 11.6 Å². The molecule has 0 aliphatic rings. The zero-order valence-electron chi connectivity index (χ0n) is 9.03. The second kappa shape index (κ2) is 4.06. The van der Waals surface area contributed by atoms with Gasteiger partial charge in [0.25, 0.3) is 10.0 Å². The summed E-state index contributed by atoms with van der Waals surface area (Å²) in [5.74, 6) is 0.133. The summed E-state index contributed by atoms with van der Waals surface area (Å²) in [6.45, 7) is 0. The highest BCUT2D eigenvalue weighted by atomic mass is 32.2. The van der Waals surface area contributed by atoms with E-state index in [0.717, 1.165) is 0 Å². The second-order valence-electron chi connectivity index (χ2n) is 3.35. The molecule has 0 aliphatic carbocycles. The van der Waals surface area contributed by atoms with Crippen molar-refractivity contribution in [1.82, 2.24) is 14.8 Å². The Hall–Kier alpha value is -2.09. The van der Waals surface area contributed by atoms with E-state index >= 15 is 0 Å². The van der Waals surface area contributed by atoms with E-state index in [0.29, 0.717) is 0 Å². The van der Waals surface area contributed by atoms with Crippen molar-refractivity contribution >= 4 is 21.7 Å². The van der Waals surface area contributed by atoms with Crippen molar-refractivity contribution in [3.8, 4) is 0 Å². The van der Waals surface area contributed by atoms with Gasteiger partial charge in [-0.25, -0.2) is 17.8 Å². The fraction of sp³-hybridized carbons (Fsp3) is 0.111. The number of aromatic nitrogens is 3. The van der Waals surface area contributed by atoms with Crippen LogP contribution in [-0.4, -0.2) is 23.2 Å². The van der Waals surface area contributed by atoms with Gasteiger partial charge in [-0.2, -0.15) is 10.1 Å². The largest absolute Gasteiger partial charge is 0.398 e. The number of para-hydroxylation sites is 1. The van der Waals surface area contributed by atoms with Crippen molar-refractivity contribution in [2.45, 2.75) is 4.90 Å². The van der Waals surface area contributed by atoms with Crippen molar-refractivity contribution in [3.05, 3.63) is 30.6 Å². The lowest BCUT2D eigenvalue weighted by Crippen LogP contribution is -2.17. The van der Waals surface area contributed by atoms with E-state index in [-0.39, 0.29) is 16.5 Å². The first-order valence-electron chi connectivity index (χ1n) is 4.72. The third-order valence-electron chi connectivity index (χ3n) is 2.15. The van der Waals surface area contributed by atoms with E-state index < -0.39 is 10.0 Å². The van der Waals surface area contributed by atoms with E-state index in [2.05, 4.69) is 14.8 Å². The van der Waals surface area contributed by atoms with Gasteiger partial charge in [0.2, 0.25) is 5.95 Å². The van der Waals surface area contributed by atoms with E-state index in [1.54, 1.807) is 19.2 Å². The zero-order valence-corrected chi connectivity index (χ0v) is 9.85. The van der Waals surface area contributed by atoms with Crippen LogP contribution < -0.4 is 10.5 Å². The number of aryl methyl sites for hydroxylation is 1. The van der Waals surface area contributed by atoms with Gasteiger partial charge < -0.3 is 5.73 Å². The Morgan fingerprint density at radius 1 is 1.35 bits per heavy atom. The number of rotatable bonds is 3. The van der Waals surface area contributed by atoms with Gasteiger partial charge in [0.1, 0.15) is 11.2 Å². The molecule has 0 saturated heterocycles. The molecule has 0 aliphatic heterocycles. The number of anilines is 2. The van der Waals surface area contributed by atoms with Gasteiger partial charge in [0.05, 0.1) is 5.69 Å². The molecule has 0 bridgehead atoms. The van der Waals surface area contributed by atoms with Crippen LogP contribution in [0.3, 0.4) is 0 Å². The molecule has 1 aromatic carbocycles. The highest BCUT2D eigenvalue weighted by Gasteiger charge is 2.18. The Labute approximate surface area is 98.3 Å². The average Bonchev–Trinajstić information content (AvgIpc) is 2.64. The summed E-state index contributed by atoms with van der Waals surface area (Å²) < 4.78 is 27.6. The molecular formula is C9H11N5O2S. The van der Waals surface area contributed by atoms with E-state index in [4.69, 9.17) is 5.73 Å². The molecule has 0 atom stereocenters. The van der Waals surface area contributed by atoms with Gasteiger partial charge >= 0.3 is 0 Å². The highest BCUT2D eigenvalue weighted by molar-refractivity contribution is 7.92. The Morgan fingerprint density at radius 2 is 2.06 bits per heavy atom. The van der Waals surface area contributed by atoms with Crippen LogP contribution in [0.15, 0.2) is 35.5 Å². The summed E-state index contributed by atoms with van der Waals surface area (Å²) in [5.41, 5.74) is 5.79. The molecule has 0 radical (unpaired) electrons. The van der Waals surface area contributed by atoms with Gasteiger partial charge in [0.15, 0.2) is 0 Å². The fourth-order valence-corrected chi connectivity index (χ4v) is 2.46. The predicted octanol–water partition coefficient (Wildman–Crippen LogP) is 0.198. The number of hydrogen-bond acceptors (Lipinski definition) is 5. The normalized spacial score (nSPS) is 11.4. The maximum atomic E-state index is 12.0. The summed E-state index contributed by atoms with van der Waals surface area (Å²) in [4.78, 5) is 3.79. The van der Waals surface area contributed by atoms with Gasteiger partial charge in [-0.05, 0) is 12.1 Å². The van der Waals surface area contributed by atoms with Crippen LogP contribution in [-0.2, 0) is 17.1 Å². The fourth-order valence-electron chi connectivity index (χ4n) is 1.29. The van der Waals surface area contributed by atoms with Crippen LogP contribution in [0.5, 0.6) is 0 Å². The van der Waals surface area contributed by atoms with Crippen molar-refractivity contribution < 1.29 is 8.42 Å². The van der Waals surface area contributed by atoms with Gasteiger partial charge in [-0.15, -0.1) is 0 Å². The van der Waals surface area contributed by atoms with E-state index in [1.807, 2.05) is 0 Å². The quantitative estimate of drug-likeness (QED) is 0.760. The molecule has 2 rings (SSSR count). The van der Waals surface area contributed by atoms with Crippen molar-refractivity contribution in [3.63, 3.8) is 0 Å². The minimum atomic E-state index is -3.73. The van der Waals surface area contributed by atoms with Crippen LogP contribution >= 0.6 is 0 Å². The summed E-state index contributed by atoms with van der Waals surface area (Å²) in [5, 5.41) is 3.76. The number of nitrogens with one attached hydrogen (secondary N) is 1. The summed E-state index contributed by atoms with van der Waals surface area (Å²) in [6.07, 6.45) is 1.26. The standard InChI is InChI=1S/C9H11N5O2S/c1-14-9(11-6-12-14)13-17(15,16)8-5-3-2-4-7(8)10/h2-6H,10H2,1H3,(H,11,12,13). The lowest BCUT2D eigenvalue weighted by atomic mass is 10.3. The Morgan fingerprint density at radius 3 is 2.65 bits per heavy atom. The Bertz CT molecular complexity index is 634. The highest BCUT2D eigenvalue weighted by Crippen LogP contribution is 2.19. The molecule has 0 fully saturated rings. The van der Waals surface area contributed by atoms with Crippen LogP contribution in [0.25, 0.3) is 0 Å². The summed E-state index contributed by atoms with van der Waals surface area (Å²) in [7, 11) is -2.15. The summed E-state index contributed by atoms with van der Waals surface area (Å²) >= 11 is 0. The second-order valence-corrected chi connectivity index (χ2v) is 5.00. The Kier molecular flexibility index (Phi) is 2.72. The first-order chi connectivity index (χ1) is 8.00. The lowest BCUT2D eigenvalue weighted by Gasteiger charge is -2.08. The number of hydrogen-bond donors (Lipinski definition) is 2. The monoisotopic (exact) mass is 253 g/mol. The third kappa shape index (κ3) is 2.21. The molecule has 3 N–H and O–H groups in total. The minimum Gasteiger partial charge on any atom is -0.398 e. The van der Waals surface area contributed by atoms with Crippen LogP contribution in [0.2, 0.25) is 0 Å². The molecular weight excluding hydrogens is 242 g/mol. The van der Waals surface area contributed by atoms with E-state index in [1.165, 1.54) is 23.1 Å². The molecule has 1 aromatic heterocycles. The first-order valence-corrected chi connectivity index (χ1v) is 6.20. The molecule has 2 aromatic rings. The molecule has 0 saturated carbocycles. The molecule has 17 heavy (non-hydrogen) atoms. The third-order valence-corrected chi connectivity index (χ3v) is 3.55. The SMILES string of the molecule is Cn1ncnc1NS(=O)(=O)c1ccccc1N. The molecule has 7 nitrogen and oxygen atoms in total. The molecule has 8 heteroatoms. The molecule has 90 valence electrons. The van der Waals surface area contributed by atoms with Gasteiger partial charge in [0, 0.05) is 7.05 Å². The number of benzene rings is 1. The molecule has 0 amide bonds. The van der Waals surface area contributed by atoms with Crippen molar-refractivity contribution in [1.29, 1.82) is 0 Å². The van der Waals surface area contributed by atoms with Gasteiger partial charge in [-0.3, -0.25) is 0 Å². The molecule has 0 spiro atoms. The minimum absolute atomic E-state index is 0.0167. The number of sulfonamides is 1. The van der Waals surface area contributed by atoms with Crippen LogP contribution in [0.1, 0.15) is 0 Å². The number of nitrogens with two attached hydrogens (primary N) is 1. The topological polar surface area (TPSA) is 103 Å². The maximum absolute atomic E-state index is 12.0. The summed E-state index contributed by atoms with van der Waals surface area (Å²) in [6, 6.07) is 6.21. The maximum Gasteiger partial charge on any atom is 0.266 e. The lowest BCUT2D eigenvalue weighted by molar-refractivity contribution is 0.600. The average molecular weight is 253 g/mol. The number of nitrogen functional groups attached to an aromatic ring is 1. The van der Waals surface area contributed by atoms with E-state index in [9.17, 15) is 8.42 Å². The smallest absolute Gasteiger partial charge is 0.266 e. The number of nitrogens with zero attached hydrogens (tertiary/aromatic N) is 3. The van der Waals surface area contributed by atoms with Gasteiger partial charge in [-0.1, -0.05) is 12.1 Å². The first kappa shape index (κ1) is 11.4. The predicted molar refractivity (Wildman–Crippen MR) is 62.7 cm³/mol.